The van der Waals surface area contributed by atoms with Crippen LogP contribution >= 0.6 is 11.3 Å². The van der Waals surface area contributed by atoms with Crippen molar-refractivity contribution in [3.8, 4) is 5.75 Å². The van der Waals surface area contributed by atoms with E-state index in [1.165, 1.54) is 17.8 Å². The number of carbonyl (C=O) groups excluding carboxylic acids is 2. The molecule has 0 bridgehead atoms. The summed E-state index contributed by atoms with van der Waals surface area (Å²) in [6.45, 7) is 0.242. The number of nitrogens with one attached hydrogen (secondary N) is 2. The Kier molecular flexibility index (Phi) is 6.89. The van der Waals surface area contributed by atoms with E-state index in [0.717, 1.165) is 31.4 Å². The molecular formula is C23H24N4O3S. The summed E-state index contributed by atoms with van der Waals surface area (Å²) in [4.78, 5) is 25.1. The first-order valence-electron chi connectivity index (χ1n) is 10.4. The maximum Gasteiger partial charge on any atom is 0.286 e. The molecular weight excluding hydrogens is 412 g/mol. The van der Waals surface area contributed by atoms with Crippen molar-refractivity contribution in [1.82, 2.24) is 15.5 Å². The molecule has 1 aromatic heterocycles. The molecule has 1 heterocycles. The third-order valence-corrected chi connectivity index (χ3v) is 5.99. The Balaban J connectivity index is 1.33. The van der Waals surface area contributed by atoms with Crippen LogP contribution in [0, 0.1) is 0 Å². The molecule has 160 valence electrons. The van der Waals surface area contributed by atoms with Gasteiger partial charge in [0, 0.05) is 17.3 Å². The molecule has 31 heavy (non-hydrogen) atoms. The summed E-state index contributed by atoms with van der Waals surface area (Å²) in [5.74, 6) is 0.250. The fourth-order valence-electron chi connectivity index (χ4n) is 3.50. The summed E-state index contributed by atoms with van der Waals surface area (Å²) in [7, 11) is 0. The van der Waals surface area contributed by atoms with E-state index < -0.39 is 0 Å². The van der Waals surface area contributed by atoms with E-state index in [1.54, 1.807) is 24.3 Å². The third kappa shape index (κ3) is 5.88. The van der Waals surface area contributed by atoms with E-state index in [-0.39, 0.29) is 29.5 Å². The average Bonchev–Trinajstić information content (AvgIpc) is 3.29. The van der Waals surface area contributed by atoms with Gasteiger partial charge in [-0.1, -0.05) is 54.9 Å². The van der Waals surface area contributed by atoms with Gasteiger partial charge in [0.2, 0.25) is 5.01 Å². The molecule has 2 aromatic carbocycles. The van der Waals surface area contributed by atoms with Crippen molar-refractivity contribution in [2.45, 2.75) is 44.8 Å². The minimum Gasteiger partial charge on any atom is -0.486 e. The molecule has 0 radical (unpaired) electrons. The average molecular weight is 437 g/mol. The van der Waals surface area contributed by atoms with Crippen molar-refractivity contribution in [2.75, 3.05) is 5.32 Å². The number of nitrogens with zero attached hydrogens (tertiary/aromatic N) is 2. The summed E-state index contributed by atoms with van der Waals surface area (Å²) in [5, 5.41) is 14.7. The van der Waals surface area contributed by atoms with Crippen molar-refractivity contribution in [3.63, 3.8) is 0 Å². The molecule has 1 aliphatic rings. The zero-order valence-electron chi connectivity index (χ0n) is 17.0. The lowest BCUT2D eigenvalue weighted by atomic mass is 9.95. The third-order valence-electron chi connectivity index (χ3n) is 5.09. The van der Waals surface area contributed by atoms with Gasteiger partial charge in [-0.3, -0.25) is 9.59 Å². The largest absolute Gasteiger partial charge is 0.486 e. The number of hydrogen-bond acceptors (Lipinski definition) is 6. The van der Waals surface area contributed by atoms with Gasteiger partial charge in [-0.15, -0.1) is 10.2 Å². The predicted octanol–water partition coefficient (Wildman–Crippen LogP) is 4.43. The fraction of sp³-hybridized carbons (Fsp3) is 0.304. The van der Waals surface area contributed by atoms with Gasteiger partial charge >= 0.3 is 0 Å². The Morgan fingerprint density at radius 3 is 2.58 bits per heavy atom. The van der Waals surface area contributed by atoms with Gasteiger partial charge in [-0.25, -0.2) is 0 Å². The quantitative estimate of drug-likeness (QED) is 0.571. The number of amides is 2. The molecule has 2 N–H and O–H groups in total. The lowest BCUT2D eigenvalue weighted by Crippen LogP contribution is -2.36. The summed E-state index contributed by atoms with van der Waals surface area (Å²) in [5.41, 5.74) is 1.07. The Morgan fingerprint density at radius 2 is 1.77 bits per heavy atom. The van der Waals surface area contributed by atoms with Crippen LogP contribution in [0.2, 0.25) is 0 Å². The SMILES string of the molecule is O=C(NC1CCCCC1)c1cccc(NC(=O)c2nnc(COc3ccccc3)s2)c1. The van der Waals surface area contributed by atoms with E-state index in [1.807, 2.05) is 30.3 Å². The van der Waals surface area contributed by atoms with Gasteiger partial charge < -0.3 is 15.4 Å². The topological polar surface area (TPSA) is 93.2 Å². The first-order chi connectivity index (χ1) is 15.2. The number of hydrogen-bond donors (Lipinski definition) is 2. The molecule has 7 nitrogen and oxygen atoms in total. The second-order valence-corrected chi connectivity index (χ2v) is 8.51. The Hall–Kier alpha value is -3.26. The van der Waals surface area contributed by atoms with Crippen LogP contribution in [-0.2, 0) is 6.61 Å². The van der Waals surface area contributed by atoms with Crippen LogP contribution in [0.15, 0.2) is 54.6 Å². The second kappa shape index (κ2) is 10.2. The van der Waals surface area contributed by atoms with E-state index in [2.05, 4.69) is 20.8 Å². The maximum absolute atomic E-state index is 12.6. The lowest BCUT2D eigenvalue weighted by Gasteiger charge is -2.22. The predicted molar refractivity (Wildman–Crippen MR) is 119 cm³/mol. The van der Waals surface area contributed by atoms with Crippen LogP contribution in [0.1, 0.15) is 57.3 Å². The molecule has 0 unspecified atom stereocenters. The maximum atomic E-state index is 12.6. The van der Waals surface area contributed by atoms with Crippen molar-refractivity contribution in [1.29, 1.82) is 0 Å². The normalized spacial score (nSPS) is 14.1. The zero-order valence-corrected chi connectivity index (χ0v) is 17.9. The number of benzene rings is 2. The summed E-state index contributed by atoms with van der Waals surface area (Å²) in [6, 6.07) is 16.6. The zero-order chi connectivity index (χ0) is 21.5. The van der Waals surface area contributed by atoms with Crippen LogP contribution in [0.25, 0.3) is 0 Å². The molecule has 1 aliphatic carbocycles. The highest BCUT2D eigenvalue weighted by Gasteiger charge is 2.18. The number of para-hydroxylation sites is 1. The standard InChI is InChI=1S/C23H24N4O3S/c28-21(24-17-9-3-1-4-10-17)16-8-7-11-18(14-16)25-22(29)23-27-26-20(31-23)15-30-19-12-5-2-6-13-19/h2,5-8,11-14,17H,1,3-4,9-10,15H2,(H,24,28)(H,25,29). The number of ether oxygens (including phenoxy) is 1. The van der Waals surface area contributed by atoms with E-state index in [0.29, 0.717) is 16.3 Å². The van der Waals surface area contributed by atoms with Gasteiger partial charge in [-0.2, -0.15) is 0 Å². The van der Waals surface area contributed by atoms with E-state index >= 15 is 0 Å². The summed E-state index contributed by atoms with van der Waals surface area (Å²) < 4.78 is 5.64. The van der Waals surface area contributed by atoms with Crippen molar-refractivity contribution in [2.24, 2.45) is 0 Å². The first-order valence-corrected chi connectivity index (χ1v) is 11.2. The minimum absolute atomic E-state index is 0.112. The smallest absolute Gasteiger partial charge is 0.286 e. The summed E-state index contributed by atoms with van der Waals surface area (Å²) in [6.07, 6.45) is 5.59. The molecule has 0 saturated heterocycles. The van der Waals surface area contributed by atoms with Gasteiger partial charge in [0.1, 0.15) is 12.4 Å². The minimum atomic E-state index is -0.367. The number of carbonyl (C=O) groups is 2. The Labute approximate surface area is 184 Å². The number of aromatic nitrogens is 2. The van der Waals surface area contributed by atoms with Gasteiger partial charge in [0.25, 0.3) is 11.8 Å². The van der Waals surface area contributed by atoms with Gasteiger partial charge in [0.15, 0.2) is 5.01 Å². The molecule has 0 aliphatic heterocycles. The highest BCUT2D eigenvalue weighted by atomic mass is 32.1. The molecule has 1 fully saturated rings. The van der Waals surface area contributed by atoms with Crippen molar-refractivity contribution in [3.05, 3.63) is 70.2 Å². The van der Waals surface area contributed by atoms with Gasteiger partial charge in [-0.05, 0) is 43.2 Å². The molecule has 1 saturated carbocycles. The molecule has 4 rings (SSSR count). The molecule has 3 aromatic rings. The molecule has 0 atom stereocenters. The molecule has 0 spiro atoms. The number of anilines is 1. The number of rotatable bonds is 7. The second-order valence-electron chi connectivity index (χ2n) is 7.45. The lowest BCUT2D eigenvalue weighted by molar-refractivity contribution is 0.0926. The van der Waals surface area contributed by atoms with E-state index in [4.69, 9.17) is 4.74 Å². The van der Waals surface area contributed by atoms with Crippen LogP contribution < -0.4 is 15.4 Å². The monoisotopic (exact) mass is 436 g/mol. The molecule has 8 heteroatoms. The van der Waals surface area contributed by atoms with Crippen LogP contribution in [0.3, 0.4) is 0 Å². The van der Waals surface area contributed by atoms with Crippen molar-refractivity contribution < 1.29 is 14.3 Å². The Morgan fingerprint density at radius 1 is 0.968 bits per heavy atom. The first kappa shape index (κ1) is 21.0. The van der Waals surface area contributed by atoms with Gasteiger partial charge in [0.05, 0.1) is 0 Å². The van der Waals surface area contributed by atoms with E-state index in [9.17, 15) is 9.59 Å². The van der Waals surface area contributed by atoms with Crippen LogP contribution in [-0.4, -0.2) is 28.1 Å². The Bertz CT molecular complexity index is 1030. The van der Waals surface area contributed by atoms with Crippen LogP contribution in [0.5, 0.6) is 5.75 Å². The van der Waals surface area contributed by atoms with Crippen molar-refractivity contribution >= 4 is 28.8 Å². The highest BCUT2D eigenvalue weighted by Crippen LogP contribution is 2.19. The fourth-order valence-corrected chi connectivity index (χ4v) is 4.15. The highest BCUT2D eigenvalue weighted by molar-refractivity contribution is 7.13. The summed E-state index contributed by atoms with van der Waals surface area (Å²) >= 11 is 1.17. The molecule has 2 amide bonds. The van der Waals surface area contributed by atoms with Crippen LogP contribution in [0.4, 0.5) is 5.69 Å².